The third-order valence-corrected chi connectivity index (χ3v) is 4.17. The number of methoxy groups -OCH3 is 3. The van der Waals surface area contributed by atoms with E-state index in [0.717, 1.165) is 16.9 Å². The summed E-state index contributed by atoms with van der Waals surface area (Å²) in [6.07, 6.45) is 0.0862. The van der Waals surface area contributed by atoms with Crippen molar-refractivity contribution in [1.82, 2.24) is 10.9 Å². The van der Waals surface area contributed by atoms with E-state index in [0.29, 0.717) is 17.2 Å². The molecule has 0 saturated carbocycles. The number of amides is 2. The highest BCUT2D eigenvalue weighted by Gasteiger charge is 2.17. The smallest absolute Gasteiger partial charge is 0.269 e. The molecule has 0 bridgehead atoms. The van der Waals surface area contributed by atoms with Gasteiger partial charge in [0.1, 0.15) is 5.75 Å². The molecular weight excluding hydrogens is 376 g/mol. The molecule has 0 aliphatic carbocycles. The maximum absolute atomic E-state index is 12.4. The van der Waals surface area contributed by atoms with Gasteiger partial charge in [-0.25, -0.2) is 0 Å². The molecule has 0 atom stereocenters. The molecule has 2 N–H and O–H groups in total. The molecule has 0 aliphatic heterocycles. The second-order valence-corrected chi connectivity index (χ2v) is 6.28. The van der Waals surface area contributed by atoms with Gasteiger partial charge in [-0.05, 0) is 43.2 Å². The van der Waals surface area contributed by atoms with Gasteiger partial charge in [-0.1, -0.05) is 12.1 Å². The first-order chi connectivity index (χ1) is 13.9. The van der Waals surface area contributed by atoms with Gasteiger partial charge >= 0.3 is 0 Å². The highest BCUT2D eigenvalue weighted by atomic mass is 16.5. The summed E-state index contributed by atoms with van der Waals surface area (Å²) < 4.78 is 21.3. The Morgan fingerprint density at radius 2 is 1.52 bits per heavy atom. The summed E-state index contributed by atoms with van der Waals surface area (Å²) in [5.41, 5.74) is 7.04. The topological polar surface area (TPSA) is 95.1 Å². The Kier molecular flexibility index (Phi) is 7.70. The van der Waals surface area contributed by atoms with Gasteiger partial charge in [-0.2, -0.15) is 0 Å². The highest BCUT2D eigenvalue weighted by molar-refractivity contribution is 5.96. The van der Waals surface area contributed by atoms with Crippen molar-refractivity contribution in [3.8, 4) is 23.0 Å². The Morgan fingerprint density at radius 1 is 0.862 bits per heavy atom. The summed E-state index contributed by atoms with van der Waals surface area (Å²) in [6, 6.07) is 8.86. The number of ether oxygens (including phenoxy) is 4. The van der Waals surface area contributed by atoms with Crippen LogP contribution in [0.4, 0.5) is 0 Å². The van der Waals surface area contributed by atoms with E-state index in [9.17, 15) is 9.59 Å². The predicted octanol–water partition coefficient (Wildman–Crippen LogP) is 2.56. The van der Waals surface area contributed by atoms with E-state index in [1.165, 1.54) is 33.5 Å². The minimum atomic E-state index is -0.520. The first-order valence-electron chi connectivity index (χ1n) is 8.98. The van der Waals surface area contributed by atoms with Crippen LogP contribution in [0, 0.1) is 13.8 Å². The van der Waals surface area contributed by atoms with E-state index in [2.05, 4.69) is 10.9 Å². The van der Waals surface area contributed by atoms with Gasteiger partial charge in [0.25, 0.3) is 5.91 Å². The van der Waals surface area contributed by atoms with Crippen LogP contribution in [-0.2, 0) is 4.79 Å². The van der Waals surface area contributed by atoms with Gasteiger partial charge in [-0.3, -0.25) is 20.4 Å². The largest absolute Gasteiger partial charge is 0.493 e. The third kappa shape index (κ3) is 5.78. The molecule has 0 aliphatic rings. The van der Waals surface area contributed by atoms with Gasteiger partial charge in [-0.15, -0.1) is 0 Å². The minimum absolute atomic E-state index is 0.0862. The van der Waals surface area contributed by atoms with E-state index in [4.69, 9.17) is 18.9 Å². The van der Waals surface area contributed by atoms with Crippen molar-refractivity contribution in [2.24, 2.45) is 0 Å². The van der Waals surface area contributed by atoms with Crippen LogP contribution in [0.2, 0.25) is 0 Å². The lowest BCUT2D eigenvalue weighted by Gasteiger charge is -2.14. The van der Waals surface area contributed by atoms with Crippen LogP contribution in [0.3, 0.4) is 0 Å². The van der Waals surface area contributed by atoms with Crippen LogP contribution in [0.25, 0.3) is 0 Å². The molecule has 0 radical (unpaired) electrons. The number of benzene rings is 2. The average molecular weight is 402 g/mol. The SMILES string of the molecule is COc1cc(C(=O)NNC(=O)CCOc2cc(C)ccc2C)cc(OC)c1OC. The van der Waals surface area contributed by atoms with Gasteiger partial charge in [0, 0.05) is 5.56 Å². The van der Waals surface area contributed by atoms with E-state index in [1.54, 1.807) is 0 Å². The lowest BCUT2D eigenvalue weighted by atomic mass is 10.1. The monoisotopic (exact) mass is 402 g/mol. The molecule has 2 amide bonds. The minimum Gasteiger partial charge on any atom is -0.493 e. The summed E-state index contributed by atoms with van der Waals surface area (Å²) in [5, 5.41) is 0. The van der Waals surface area contributed by atoms with Gasteiger partial charge in [0.05, 0.1) is 34.4 Å². The van der Waals surface area contributed by atoms with Crippen molar-refractivity contribution >= 4 is 11.8 Å². The molecule has 2 aromatic carbocycles. The molecule has 0 unspecified atom stereocenters. The standard InChI is InChI=1S/C21H26N2O6/c1-13-6-7-14(2)16(10-13)29-9-8-19(24)22-23-21(25)15-11-17(26-3)20(28-5)18(12-15)27-4/h6-7,10-12H,8-9H2,1-5H3,(H,22,24)(H,23,25). The molecule has 8 heteroatoms. The summed E-state index contributed by atoms with van der Waals surface area (Å²) in [7, 11) is 4.38. The molecule has 8 nitrogen and oxygen atoms in total. The Labute approximate surface area is 170 Å². The predicted molar refractivity (Wildman–Crippen MR) is 108 cm³/mol. The zero-order valence-corrected chi connectivity index (χ0v) is 17.3. The van der Waals surface area contributed by atoms with E-state index < -0.39 is 5.91 Å². The van der Waals surface area contributed by atoms with Crippen molar-refractivity contribution in [3.05, 3.63) is 47.0 Å². The molecule has 2 rings (SSSR count). The zero-order valence-electron chi connectivity index (χ0n) is 17.3. The van der Waals surface area contributed by atoms with Crippen LogP contribution in [0.1, 0.15) is 27.9 Å². The number of nitrogens with one attached hydrogen (secondary N) is 2. The van der Waals surface area contributed by atoms with Crippen LogP contribution in [0.15, 0.2) is 30.3 Å². The number of carbonyl (C=O) groups excluding carboxylic acids is 2. The second-order valence-electron chi connectivity index (χ2n) is 6.28. The van der Waals surface area contributed by atoms with Gasteiger partial charge in [0.15, 0.2) is 11.5 Å². The van der Waals surface area contributed by atoms with Gasteiger partial charge in [0.2, 0.25) is 11.7 Å². The fourth-order valence-corrected chi connectivity index (χ4v) is 2.59. The third-order valence-electron chi connectivity index (χ3n) is 4.17. The Bertz CT molecular complexity index is 856. The molecule has 0 fully saturated rings. The first kappa shape index (κ1) is 21.9. The summed E-state index contributed by atoms with van der Waals surface area (Å²) in [4.78, 5) is 24.3. The van der Waals surface area contributed by atoms with Gasteiger partial charge < -0.3 is 18.9 Å². The normalized spacial score (nSPS) is 10.1. The molecule has 2 aromatic rings. The maximum Gasteiger partial charge on any atom is 0.269 e. The second kappa shape index (κ2) is 10.2. The Balaban J connectivity index is 1.90. The number of aryl methyl sites for hydroxylation is 2. The quantitative estimate of drug-likeness (QED) is 0.659. The van der Waals surface area contributed by atoms with E-state index in [-0.39, 0.29) is 24.5 Å². The number of carbonyl (C=O) groups is 2. The molecule has 0 aromatic heterocycles. The van der Waals surface area contributed by atoms with Crippen LogP contribution in [-0.4, -0.2) is 39.8 Å². The number of rotatable bonds is 8. The van der Waals surface area contributed by atoms with Crippen molar-refractivity contribution in [2.75, 3.05) is 27.9 Å². The number of hydrazine groups is 1. The maximum atomic E-state index is 12.4. The fraction of sp³-hybridized carbons (Fsp3) is 0.333. The molecular formula is C21H26N2O6. The van der Waals surface area contributed by atoms with Crippen molar-refractivity contribution in [3.63, 3.8) is 0 Å². The molecule has 0 saturated heterocycles. The number of hydrogen-bond acceptors (Lipinski definition) is 6. The number of hydrogen-bond donors (Lipinski definition) is 2. The molecule has 0 spiro atoms. The highest BCUT2D eigenvalue weighted by Crippen LogP contribution is 2.38. The molecule has 0 heterocycles. The molecule has 156 valence electrons. The van der Waals surface area contributed by atoms with Crippen molar-refractivity contribution in [2.45, 2.75) is 20.3 Å². The van der Waals surface area contributed by atoms with Crippen molar-refractivity contribution in [1.29, 1.82) is 0 Å². The lowest BCUT2D eigenvalue weighted by Crippen LogP contribution is -2.42. The van der Waals surface area contributed by atoms with Crippen molar-refractivity contribution < 1.29 is 28.5 Å². The zero-order chi connectivity index (χ0) is 21.4. The average Bonchev–Trinajstić information content (AvgIpc) is 2.73. The van der Waals surface area contributed by atoms with Crippen LogP contribution >= 0.6 is 0 Å². The van der Waals surface area contributed by atoms with E-state index >= 15 is 0 Å². The summed E-state index contributed by atoms with van der Waals surface area (Å²) in [5.74, 6) is 0.887. The van der Waals surface area contributed by atoms with E-state index in [1.807, 2.05) is 32.0 Å². The summed E-state index contributed by atoms with van der Waals surface area (Å²) >= 11 is 0. The Hall–Kier alpha value is -3.42. The van der Waals surface area contributed by atoms with Crippen LogP contribution in [0.5, 0.6) is 23.0 Å². The lowest BCUT2D eigenvalue weighted by molar-refractivity contribution is -0.122. The first-order valence-corrected chi connectivity index (χ1v) is 8.98. The summed E-state index contributed by atoms with van der Waals surface area (Å²) in [6.45, 7) is 4.10. The molecule has 29 heavy (non-hydrogen) atoms. The Morgan fingerprint density at radius 3 is 2.10 bits per heavy atom. The van der Waals surface area contributed by atoms with Crippen LogP contribution < -0.4 is 29.8 Å². The fourth-order valence-electron chi connectivity index (χ4n) is 2.59.